The lowest BCUT2D eigenvalue weighted by molar-refractivity contribution is -0.277. The molecular formula is C9H3ClF8O2. The monoisotopic (exact) mass is 330 g/mol. The first-order valence-corrected chi connectivity index (χ1v) is 4.90. The lowest BCUT2D eigenvalue weighted by Gasteiger charge is -2.19. The van der Waals surface area contributed by atoms with Crippen molar-refractivity contribution in [1.29, 1.82) is 0 Å². The van der Waals surface area contributed by atoms with Crippen LogP contribution in [0.2, 0.25) is 5.02 Å². The van der Waals surface area contributed by atoms with Crippen LogP contribution in [-0.4, -0.2) is 13.0 Å². The van der Waals surface area contributed by atoms with Gasteiger partial charge in [0, 0.05) is 0 Å². The zero-order valence-electron chi connectivity index (χ0n) is 8.95. The zero-order chi connectivity index (χ0) is 15.7. The first kappa shape index (κ1) is 16.6. The highest BCUT2D eigenvalue weighted by atomic mass is 35.5. The molecule has 2 nitrogen and oxygen atoms in total. The standard InChI is InChI=1S/C9H3ClF8O2/c10-3-1-2-4(19-7(11)12)6(20-9(16,17)18)5(3)8(13,14)15/h1-2,7H. The predicted molar refractivity (Wildman–Crippen MR) is 49.8 cm³/mol. The first-order chi connectivity index (χ1) is 8.92. The largest absolute Gasteiger partial charge is 0.573 e. The molecule has 0 aliphatic rings. The van der Waals surface area contributed by atoms with Crippen LogP contribution in [0, 0.1) is 0 Å². The van der Waals surface area contributed by atoms with Crippen LogP contribution in [-0.2, 0) is 6.18 Å². The summed E-state index contributed by atoms with van der Waals surface area (Å²) >= 11 is 5.14. The van der Waals surface area contributed by atoms with Crippen molar-refractivity contribution in [3.8, 4) is 11.5 Å². The molecule has 0 saturated heterocycles. The van der Waals surface area contributed by atoms with E-state index in [9.17, 15) is 35.1 Å². The van der Waals surface area contributed by atoms with Gasteiger partial charge in [0.1, 0.15) is 5.56 Å². The number of rotatable bonds is 3. The molecule has 0 fully saturated rings. The van der Waals surface area contributed by atoms with Crippen molar-refractivity contribution in [2.45, 2.75) is 19.2 Å². The van der Waals surface area contributed by atoms with Gasteiger partial charge in [0.05, 0.1) is 5.02 Å². The number of ether oxygens (including phenoxy) is 2. The minimum atomic E-state index is -5.55. The summed E-state index contributed by atoms with van der Waals surface area (Å²) in [6, 6.07) is 0.871. The highest BCUT2D eigenvalue weighted by molar-refractivity contribution is 6.31. The van der Waals surface area contributed by atoms with Crippen LogP contribution in [0.15, 0.2) is 12.1 Å². The Hall–Kier alpha value is -1.45. The molecule has 1 aromatic carbocycles. The summed E-state index contributed by atoms with van der Waals surface area (Å²) in [5.41, 5.74) is -2.06. The molecule has 0 amide bonds. The second kappa shape index (κ2) is 5.51. The number of hydrogen-bond acceptors (Lipinski definition) is 2. The highest BCUT2D eigenvalue weighted by Gasteiger charge is 2.43. The van der Waals surface area contributed by atoms with Gasteiger partial charge in [-0.25, -0.2) is 0 Å². The summed E-state index contributed by atoms with van der Waals surface area (Å²) in [4.78, 5) is 0. The van der Waals surface area contributed by atoms with Gasteiger partial charge in [-0.05, 0) is 12.1 Å². The summed E-state index contributed by atoms with van der Waals surface area (Å²) in [6.07, 6.45) is -10.9. The fraction of sp³-hybridized carbons (Fsp3) is 0.333. The lowest BCUT2D eigenvalue weighted by atomic mass is 10.1. The van der Waals surface area contributed by atoms with Crippen LogP contribution < -0.4 is 9.47 Å². The van der Waals surface area contributed by atoms with E-state index in [4.69, 9.17) is 11.6 Å². The maximum absolute atomic E-state index is 12.6. The molecular weight excluding hydrogens is 328 g/mol. The Bertz CT molecular complexity index is 482. The third-order valence-corrected chi connectivity index (χ3v) is 2.10. The van der Waals surface area contributed by atoms with Crippen molar-refractivity contribution >= 4 is 11.6 Å². The van der Waals surface area contributed by atoms with Gasteiger partial charge in [-0.15, -0.1) is 13.2 Å². The molecule has 0 radical (unpaired) electrons. The summed E-state index contributed by atoms with van der Waals surface area (Å²) in [7, 11) is 0. The molecule has 0 bridgehead atoms. The van der Waals surface area contributed by atoms with Crippen LogP contribution in [0.4, 0.5) is 35.1 Å². The molecule has 0 heterocycles. The van der Waals surface area contributed by atoms with Crippen LogP contribution in [0.5, 0.6) is 11.5 Å². The molecule has 0 spiro atoms. The van der Waals surface area contributed by atoms with Crippen molar-refractivity contribution in [3.63, 3.8) is 0 Å². The van der Waals surface area contributed by atoms with E-state index in [-0.39, 0.29) is 0 Å². The number of hydrogen-bond donors (Lipinski definition) is 0. The SMILES string of the molecule is FC(F)Oc1ccc(Cl)c(C(F)(F)F)c1OC(F)(F)F. The summed E-state index contributed by atoms with van der Waals surface area (Å²) in [5.74, 6) is -3.41. The van der Waals surface area contributed by atoms with E-state index in [1.54, 1.807) is 0 Å². The van der Waals surface area contributed by atoms with Gasteiger partial charge in [-0.2, -0.15) is 22.0 Å². The first-order valence-electron chi connectivity index (χ1n) is 4.52. The Kier molecular flexibility index (Phi) is 4.57. The maximum atomic E-state index is 12.6. The second-order valence-corrected chi connectivity index (χ2v) is 3.58. The molecule has 0 aromatic heterocycles. The Labute approximate surface area is 110 Å². The van der Waals surface area contributed by atoms with Crippen LogP contribution in [0.1, 0.15) is 5.56 Å². The van der Waals surface area contributed by atoms with E-state index in [1.807, 2.05) is 0 Å². The molecule has 114 valence electrons. The van der Waals surface area contributed by atoms with Crippen LogP contribution in [0.25, 0.3) is 0 Å². The number of benzene rings is 1. The van der Waals surface area contributed by atoms with Gasteiger partial charge < -0.3 is 9.47 Å². The molecule has 20 heavy (non-hydrogen) atoms. The highest BCUT2D eigenvalue weighted by Crippen LogP contribution is 2.47. The van der Waals surface area contributed by atoms with E-state index in [1.165, 1.54) is 0 Å². The minimum Gasteiger partial charge on any atom is -0.431 e. The smallest absolute Gasteiger partial charge is 0.431 e. The second-order valence-electron chi connectivity index (χ2n) is 3.17. The molecule has 0 N–H and O–H groups in total. The average Bonchev–Trinajstić information content (AvgIpc) is 2.17. The van der Waals surface area contributed by atoms with Gasteiger partial charge >= 0.3 is 19.2 Å². The quantitative estimate of drug-likeness (QED) is 0.737. The maximum Gasteiger partial charge on any atom is 0.573 e. The lowest BCUT2D eigenvalue weighted by Crippen LogP contribution is -2.21. The van der Waals surface area contributed by atoms with E-state index < -0.39 is 41.2 Å². The van der Waals surface area contributed by atoms with Gasteiger partial charge in [0.25, 0.3) is 0 Å². The fourth-order valence-corrected chi connectivity index (χ4v) is 1.47. The molecule has 11 heteroatoms. The van der Waals surface area contributed by atoms with Crippen LogP contribution >= 0.6 is 11.6 Å². The van der Waals surface area contributed by atoms with Crippen molar-refractivity contribution in [1.82, 2.24) is 0 Å². The molecule has 0 unspecified atom stereocenters. The van der Waals surface area contributed by atoms with Gasteiger partial charge in [0.2, 0.25) is 0 Å². The third kappa shape index (κ3) is 4.29. The van der Waals surface area contributed by atoms with E-state index in [0.29, 0.717) is 12.1 Å². The van der Waals surface area contributed by atoms with Crippen molar-refractivity contribution < 1.29 is 44.6 Å². The van der Waals surface area contributed by atoms with E-state index in [0.717, 1.165) is 0 Å². The molecule has 0 saturated carbocycles. The number of halogens is 9. The van der Waals surface area contributed by atoms with Crippen LogP contribution in [0.3, 0.4) is 0 Å². The normalized spacial score (nSPS) is 12.7. The summed E-state index contributed by atoms with van der Waals surface area (Å²) in [6.45, 7) is -3.65. The van der Waals surface area contributed by atoms with E-state index >= 15 is 0 Å². The zero-order valence-corrected chi connectivity index (χ0v) is 9.71. The Morgan fingerprint density at radius 3 is 1.95 bits per heavy atom. The van der Waals surface area contributed by atoms with Crippen molar-refractivity contribution in [2.75, 3.05) is 0 Å². The predicted octanol–water partition coefficient (Wildman–Crippen LogP) is 4.86. The Morgan fingerprint density at radius 2 is 1.55 bits per heavy atom. The molecule has 0 aliphatic carbocycles. The van der Waals surface area contributed by atoms with Crippen molar-refractivity contribution in [3.05, 3.63) is 22.7 Å². The third-order valence-electron chi connectivity index (χ3n) is 1.79. The Balaban J connectivity index is 3.47. The summed E-state index contributed by atoms with van der Waals surface area (Å²) < 4.78 is 105. The molecule has 1 rings (SSSR count). The minimum absolute atomic E-state index is 0.408. The van der Waals surface area contributed by atoms with Gasteiger partial charge in [0.15, 0.2) is 11.5 Å². The van der Waals surface area contributed by atoms with Gasteiger partial charge in [-0.1, -0.05) is 11.6 Å². The summed E-state index contributed by atoms with van der Waals surface area (Å²) in [5, 5.41) is -1.15. The average molecular weight is 331 g/mol. The van der Waals surface area contributed by atoms with E-state index in [2.05, 4.69) is 9.47 Å². The van der Waals surface area contributed by atoms with Gasteiger partial charge in [-0.3, -0.25) is 0 Å². The fourth-order valence-electron chi connectivity index (χ4n) is 1.21. The number of alkyl halides is 8. The van der Waals surface area contributed by atoms with Crippen molar-refractivity contribution in [2.24, 2.45) is 0 Å². The molecule has 1 aromatic rings. The topological polar surface area (TPSA) is 18.5 Å². The molecule has 0 atom stereocenters. The molecule has 0 aliphatic heterocycles. The Morgan fingerprint density at radius 1 is 1.00 bits per heavy atom.